The molecule has 0 spiro atoms. The van der Waals surface area contributed by atoms with E-state index in [0.29, 0.717) is 16.9 Å². The van der Waals surface area contributed by atoms with E-state index in [9.17, 15) is 14.9 Å². The number of non-ortho nitro benzene ring substituents is 1. The molecule has 0 saturated carbocycles. The highest BCUT2D eigenvalue weighted by Crippen LogP contribution is 2.19. The summed E-state index contributed by atoms with van der Waals surface area (Å²) in [6.07, 6.45) is 0. The predicted octanol–water partition coefficient (Wildman–Crippen LogP) is 4.48. The second-order valence-electron chi connectivity index (χ2n) is 3.85. The molecule has 23 heavy (non-hydrogen) atoms. The van der Waals surface area contributed by atoms with E-state index >= 15 is 0 Å². The standard InChI is InChI=1S/C13H11N3O3.2C2H6/c14-12-7-2-1-6-11(12)13(17)15-9-4-3-5-10(8-9)16(18)19;2*1-2/h1-8H,14H2,(H,15,17);2*1-2H3. The maximum Gasteiger partial charge on any atom is 0.271 e. The molecule has 2 rings (SSSR count). The number of rotatable bonds is 3. The summed E-state index contributed by atoms with van der Waals surface area (Å²) in [6, 6.07) is 12.3. The van der Waals surface area contributed by atoms with E-state index in [1.807, 2.05) is 27.7 Å². The van der Waals surface area contributed by atoms with Crippen molar-refractivity contribution < 1.29 is 9.72 Å². The van der Waals surface area contributed by atoms with Gasteiger partial charge >= 0.3 is 0 Å². The molecule has 0 radical (unpaired) electrons. The smallest absolute Gasteiger partial charge is 0.271 e. The van der Waals surface area contributed by atoms with Gasteiger partial charge in [-0.15, -0.1) is 0 Å². The molecule has 0 unspecified atom stereocenters. The van der Waals surface area contributed by atoms with Crippen LogP contribution in [0.1, 0.15) is 38.1 Å². The van der Waals surface area contributed by atoms with Gasteiger partial charge in [0.1, 0.15) is 0 Å². The average molecular weight is 317 g/mol. The van der Waals surface area contributed by atoms with Crippen molar-refractivity contribution in [2.75, 3.05) is 11.1 Å². The minimum Gasteiger partial charge on any atom is -0.398 e. The summed E-state index contributed by atoms with van der Waals surface area (Å²) in [7, 11) is 0. The molecule has 6 nitrogen and oxygen atoms in total. The van der Waals surface area contributed by atoms with E-state index in [0.717, 1.165) is 0 Å². The third-order valence-electron chi connectivity index (χ3n) is 2.52. The fraction of sp³-hybridized carbons (Fsp3) is 0.235. The lowest BCUT2D eigenvalue weighted by Gasteiger charge is -2.07. The molecule has 0 saturated heterocycles. The Morgan fingerprint density at radius 2 is 1.65 bits per heavy atom. The summed E-state index contributed by atoms with van der Waals surface area (Å²) in [5, 5.41) is 13.2. The largest absolute Gasteiger partial charge is 0.398 e. The fourth-order valence-corrected chi connectivity index (χ4v) is 1.60. The number of para-hydroxylation sites is 1. The lowest BCUT2D eigenvalue weighted by molar-refractivity contribution is -0.384. The molecule has 2 aromatic carbocycles. The van der Waals surface area contributed by atoms with Crippen LogP contribution in [0.2, 0.25) is 0 Å². The summed E-state index contributed by atoms with van der Waals surface area (Å²) in [6.45, 7) is 8.00. The Bertz CT molecular complexity index is 642. The summed E-state index contributed by atoms with van der Waals surface area (Å²) in [4.78, 5) is 22.1. The molecule has 0 heterocycles. The minimum atomic E-state index is -0.521. The molecule has 0 fully saturated rings. The van der Waals surface area contributed by atoms with Gasteiger partial charge in [-0.1, -0.05) is 45.9 Å². The van der Waals surface area contributed by atoms with E-state index in [4.69, 9.17) is 5.73 Å². The van der Waals surface area contributed by atoms with Crippen LogP contribution in [0.4, 0.5) is 17.1 Å². The number of nitrogens with one attached hydrogen (secondary N) is 1. The van der Waals surface area contributed by atoms with Crippen LogP contribution in [0.25, 0.3) is 0 Å². The number of nitrogen functional groups attached to an aromatic ring is 1. The number of carbonyl (C=O) groups excluding carboxylic acids is 1. The molecule has 0 atom stereocenters. The summed E-state index contributed by atoms with van der Waals surface area (Å²) >= 11 is 0. The van der Waals surface area contributed by atoms with E-state index in [2.05, 4.69) is 5.32 Å². The predicted molar refractivity (Wildman–Crippen MR) is 94.6 cm³/mol. The molecular formula is C17H23N3O3. The topological polar surface area (TPSA) is 98.3 Å². The average Bonchev–Trinajstić information content (AvgIpc) is 2.59. The molecule has 0 aliphatic carbocycles. The molecule has 1 amide bonds. The zero-order valence-corrected chi connectivity index (χ0v) is 13.9. The highest BCUT2D eigenvalue weighted by Gasteiger charge is 2.11. The third-order valence-corrected chi connectivity index (χ3v) is 2.52. The van der Waals surface area contributed by atoms with Crippen LogP contribution < -0.4 is 11.1 Å². The van der Waals surface area contributed by atoms with Crippen molar-refractivity contribution in [3.05, 3.63) is 64.2 Å². The van der Waals surface area contributed by atoms with Gasteiger partial charge in [0, 0.05) is 23.5 Å². The Morgan fingerprint density at radius 1 is 1.04 bits per heavy atom. The zero-order valence-electron chi connectivity index (χ0n) is 13.9. The van der Waals surface area contributed by atoms with E-state index in [1.54, 1.807) is 30.3 Å². The van der Waals surface area contributed by atoms with Gasteiger partial charge in [-0.25, -0.2) is 0 Å². The van der Waals surface area contributed by atoms with Gasteiger partial charge in [0.05, 0.1) is 10.5 Å². The van der Waals surface area contributed by atoms with Gasteiger partial charge in [0.15, 0.2) is 0 Å². The second-order valence-corrected chi connectivity index (χ2v) is 3.85. The summed E-state index contributed by atoms with van der Waals surface area (Å²) in [5.74, 6) is -0.404. The number of benzene rings is 2. The number of nitrogens with two attached hydrogens (primary N) is 1. The van der Waals surface area contributed by atoms with Crippen molar-refractivity contribution in [3.63, 3.8) is 0 Å². The van der Waals surface area contributed by atoms with Gasteiger partial charge in [0.2, 0.25) is 0 Å². The van der Waals surface area contributed by atoms with Gasteiger partial charge in [0.25, 0.3) is 11.6 Å². The Kier molecular flexibility index (Phi) is 9.43. The normalized spacial score (nSPS) is 8.70. The number of nitro benzene ring substituents is 1. The van der Waals surface area contributed by atoms with Crippen molar-refractivity contribution in [3.8, 4) is 0 Å². The zero-order chi connectivity index (χ0) is 17.8. The Hall–Kier alpha value is -2.89. The molecule has 0 bridgehead atoms. The molecular weight excluding hydrogens is 294 g/mol. The number of nitro groups is 1. The number of nitrogens with zero attached hydrogens (tertiary/aromatic N) is 1. The Morgan fingerprint density at radius 3 is 2.22 bits per heavy atom. The van der Waals surface area contributed by atoms with Crippen molar-refractivity contribution in [1.82, 2.24) is 0 Å². The minimum absolute atomic E-state index is 0.0844. The molecule has 2 aromatic rings. The van der Waals surface area contributed by atoms with Crippen molar-refractivity contribution in [1.29, 1.82) is 0 Å². The number of hydrogen-bond acceptors (Lipinski definition) is 4. The summed E-state index contributed by atoms with van der Waals surface area (Å²) in [5.41, 5.74) is 6.63. The van der Waals surface area contributed by atoms with Crippen LogP contribution in [-0.2, 0) is 0 Å². The highest BCUT2D eigenvalue weighted by molar-refractivity contribution is 6.07. The van der Waals surface area contributed by atoms with Crippen LogP contribution in [-0.4, -0.2) is 10.8 Å². The maximum absolute atomic E-state index is 12.0. The first-order valence-electron chi connectivity index (χ1n) is 7.48. The van der Waals surface area contributed by atoms with Crippen LogP contribution in [0.3, 0.4) is 0 Å². The Balaban J connectivity index is 0.00000112. The Labute approximate surface area is 136 Å². The van der Waals surface area contributed by atoms with Crippen LogP contribution in [0, 0.1) is 10.1 Å². The number of hydrogen-bond donors (Lipinski definition) is 2. The monoisotopic (exact) mass is 317 g/mol. The lowest BCUT2D eigenvalue weighted by atomic mass is 10.1. The quantitative estimate of drug-likeness (QED) is 0.495. The van der Waals surface area contributed by atoms with Crippen molar-refractivity contribution in [2.45, 2.75) is 27.7 Å². The lowest BCUT2D eigenvalue weighted by Crippen LogP contribution is -2.13. The van der Waals surface area contributed by atoms with E-state index in [1.165, 1.54) is 18.2 Å². The van der Waals surface area contributed by atoms with Gasteiger partial charge in [-0.3, -0.25) is 14.9 Å². The van der Waals surface area contributed by atoms with Crippen LogP contribution in [0.5, 0.6) is 0 Å². The molecule has 124 valence electrons. The number of anilines is 2. The van der Waals surface area contributed by atoms with Gasteiger partial charge in [-0.2, -0.15) is 0 Å². The second kappa shape index (κ2) is 10.8. The SMILES string of the molecule is CC.CC.Nc1ccccc1C(=O)Nc1cccc([N+](=O)[O-])c1. The van der Waals surface area contributed by atoms with Gasteiger partial charge < -0.3 is 11.1 Å². The van der Waals surface area contributed by atoms with E-state index in [-0.39, 0.29) is 5.69 Å². The van der Waals surface area contributed by atoms with Gasteiger partial charge in [-0.05, 0) is 18.2 Å². The summed E-state index contributed by atoms with van der Waals surface area (Å²) < 4.78 is 0. The highest BCUT2D eigenvalue weighted by atomic mass is 16.6. The first-order chi connectivity index (χ1) is 11.1. The molecule has 0 aliphatic heterocycles. The first-order valence-corrected chi connectivity index (χ1v) is 7.48. The third kappa shape index (κ3) is 6.17. The number of amides is 1. The molecule has 0 aromatic heterocycles. The first kappa shape index (κ1) is 20.1. The fourth-order valence-electron chi connectivity index (χ4n) is 1.60. The van der Waals surface area contributed by atoms with E-state index < -0.39 is 10.8 Å². The molecule has 6 heteroatoms. The molecule has 3 N–H and O–H groups in total. The van der Waals surface area contributed by atoms with Crippen molar-refractivity contribution in [2.24, 2.45) is 0 Å². The molecule has 0 aliphatic rings. The number of carbonyl (C=O) groups is 1. The van der Waals surface area contributed by atoms with Crippen LogP contribution >= 0.6 is 0 Å². The maximum atomic E-state index is 12.0. The van der Waals surface area contributed by atoms with Crippen molar-refractivity contribution >= 4 is 23.0 Å². The van der Waals surface area contributed by atoms with Crippen LogP contribution in [0.15, 0.2) is 48.5 Å².